The Hall–Kier alpha value is -2.32. The van der Waals surface area contributed by atoms with Gasteiger partial charge in [0.1, 0.15) is 0 Å². The molecule has 2 saturated heterocycles. The summed E-state index contributed by atoms with van der Waals surface area (Å²) in [5.74, 6) is 1.07. The Morgan fingerprint density at radius 3 is 2.59 bits per heavy atom. The molecule has 2 N–H and O–H groups in total. The van der Waals surface area contributed by atoms with Gasteiger partial charge in [0.05, 0.1) is 17.7 Å². The number of aromatic amines is 1. The molecule has 4 bridgehead atoms. The van der Waals surface area contributed by atoms with Crippen molar-refractivity contribution in [3.8, 4) is 6.07 Å². The number of carbonyl (C=O) groups excluding carboxylic acids is 1. The van der Waals surface area contributed by atoms with E-state index in [0.29, 0.717) is 35.9 Å². The summed E-state index contributed by atoms with van der Waals surface area (Å²) in [6.45, 7) is 2.08. The molecule has 1 aromatic carbocycles. The maximum absolute atomic E-state index is 13.2. The number of amides is 1. The van der Waals surface area contributed by atoms with Crippen molar-refractivity contribution in [2.24, 2.45) is 11.8 Å². The predicted molar refractivity (Wildman–Crippen MR) is 102 cm³/mol. The van der Waals surface area contributed by atoms with Gasteiger partial charge < -0.3 is 15.0 Å². The van der Waals surface area contributed by atoms with E-state index < -0.39 is 0 Å². The average Bonchev–Trinajstić information content (AvgIpc) is 3.09. The van der Waals surface area contributed by atoms with Crippen molar-refractivity contribution in [1.29, 1.82) is 5.26 Å². The zero-order valence-corrected chi connectivity index (χ0v) is 15.6. The minimum absolute atomic E-state index is 0.0588. The van der Waals surface area contributed by atoms with Gasteiger partial charge in [-0.1, -0.05) is 13.0 Å². The Morgan fingerprint density at radius 2 is 1.96 bits per heavy atom. The lowest BCUT2D eigenvalue weighted by Crippen LogP contribution is -2.64. The average molecular weight is 363 g/mol. The number of piperidine rings is 2. The summed E-state index contributed by atoms with van der Waals surface area (Å²) in [5, 5.41) is 20.7. The van der Waals surface area contributed by atoms with Crippen LogP contribution in [0.4, 0.5) is 0 Å². The molecule has 1 aromatic heterocycles. The molecule has 140 valence electrons. The lowest BCUT2D eigenvalue weighted by Gasteiger charge is -2.58. The minimum Gasteiger partial charge on any atom is -0.393 e. The van der Waals surface area contributed by atoms with E-state index in [2.05, 4.69) is 22.9 Å². The molecule has 2 saturated carbocycles. The molecule has 4 fully saturated rings. The topological polar surface area (TPSA) is 80.1 Å². The fourth-order valence-electron chi connectivity index (χ4n) is 6.06. The number of nitriles is 1. The van der Waals surface area contributed by atoms with Crippen LogP contribution in [0.15, 0.2) is 24.4 Å². The molecule has 0 spiro atoms. The zero-order chi connectivity index (χ0) is 18.7. The van der Waals surface area contributed by atoms with Crippen LogP contribution < -0.4 is 0 Å². The number of hydrogen-bond donors (Lipinski definition) is 2. The van der Waals surface area contributed by atoms with Crippen molar-refractivity contribution < 1.29 is 9.90 Å². The second kappa shape index (κ2) is 6.10. The smallest absolute Gasteiger partial charge is 0.223 e. The third-order valence-corrected chi connectivity index (χ3v) is 7.21. The molecule has 2 aliphatic carbocycles. The summed E-state index contributed by atoms with van der Waals surface area (Å²) < 4.78 is 0. The lowest BCUT2D eigenvalue weighted by molar-refractivity contribution is -0.163. The molecule has 4 aliphatic rings. The van der Waals surface area contributed by atoms with E-state index in [1.54, 1.807) is 0 Å². The number of nitrogens with one attached hydrogen (secondary N) is 1. The molecule has 1 atom stereocenters. The number of hydrogen-bond acceptors (Lipinski definition) is 3. The number of H-pyrrole nitrogens is 1. The molecular weight excluding hydrogens is 338 g/mol. The molecule has 2 aliphatic heterocycles. The molecule has 6 rings (SSSR count). The molecule has 5 nitrogen and oxygen atoms in total. The maximum atomic E-state index is 13.2. The molecule has 27 heavy (non-hydrogen) atoms. The fraction of sp³-hybridized carbons (Fsp3) is 0.545. The van der Waals surface area contributed by atoms with Gasteiger partial charge in [0, 0.05) is 35.6 Å². The number of aliphatic hydroxyl groups excluding tert-OH is 1. The Kier molecular flexibility index (Phi) is 3.80. The third-order valence-electron chi connectivity index (χ3n) is 7.21. The Morgan fingerprint density at radius 1 is 1.30 bits per heavy atom. The molecule has 1 unspecified atom stereocenters. The molecular formula is C22H25N3O2. The lowest BCUT2D eigenvalue weighted by atomic mass is 9.62. The quantitative estimate of drug-likeness (QED) is 0.878. The fourth-order valence-corrected chi connectivity index (χ4v) is 6.06. The summed E-state index contributed by atoms with van der Waals surface area (Å²) in [5.41, 5.74) is 2.66. The van der Waals surface area contributed by atoms with Crippen LogP contribution in [0.25, 0.3) is 10.9 Å². The van der Waals surface area contributed by atoms with Gasteiger partial charge in [0.25, 0.3) is 0 Å². The van der Waals surface area contributed by atoms with Crippen LogP contribution >= 0.6 is 0 Å². The first-order chi connectivity index (χ1) is 13.1. The summed E-state index contributed by atoms with van der Waals surface area (Å²) >= 11 is 0. The van der Waals surface area contributed by atoms with Crippen LogP contribution in [-0.2, 0) is 4.79 Å². The highest BCUT2D eigenvalue weighted by molar-refractivity contribution is 5.90. The van der Waals surface area contributed by atoms with E-state index in [1.165, 1.54) is 0 Å². The standard InChI is InChI=1S/C22H25N3O2/c1-12(18-11-24-19-4-2-3-13(10-23)21(18)19)5-20(26)25-16-6-14-7-17(25)9-15(8-16)22(14)27/h2-4,11-12,14-17,22,24,27H,5-9H2,1H3. The first kappa shape index (κ1) is 16.8. The molecule has 1 amide bonds. The Bertz CT molecular complexity index is 911. The van der Waals surface area contributed by atoms with Crippen LogP contribution in [0.5, 0.6) is 0 Å². The largest absolute Gasteiger partial charge is 0.393 e. The SMILES string of the molecule is CC(CC(=O)N1C2CC3CC1CC(C2)C3O)c1c[nH]c2cccc(C#N)c12. The van der Waals surface area contributed by atoms with Crippen molar-refractivity contribution in [3.05, 3.63) is 35.5 Å². The van der Waals surface area contributed by atoms with Crippen LogP contribution in [0, 0.1) is 23.2 Å². The summed E-state index contributed by atoms with van der Waals surface area (Å²) in [6, 6.07) is 8.59. The number of aromatic nitrogens is 1. The van der Waals surface area contributed by atoms with Gasteiger partial charge >= 0.3 is 0 Å². The van der Waals surface area contributed by atoms with Crippen LogP contribution in [0.2, 0.25) is 0 Å². The number of aliphatic hydroxyl groups is 1. The van der Waals surface area contributed by atoms with Gasteiger partial charge in [-0.05, 0) is 61.1 Å². The maximum Gasteiger partial charge on any atom is 0.223 e. The van der Waals surface area contributed by atoms with Crippen molar-refractivity contribution in [3.63, 3.8) is 0 Å². The van der Waals surface area contributed by atoms with E-state index in [0.717, 1.165) is 42.1 Å². The van der Waals surface area contributed by atoms with Crippen LogP contribution in [0.1, 0.15) is 56.1 Å². The first-order valence-electron chi connectivity index (χ1n) is 10.1. The second-order valence-corrected chi connectivity index (χ2v) is 8.75. The molecule has 3 heterocycles. The normalized spacial score (nSPS) is 32.6. The number of carbonyl (C=O) groups is 1. The van der Waals surface area contributed by atoms with Gasteiger partial charge in [-0.25, -0.2) is 0 Å². The molecule has 2 aromatic rings. The second-order valence-electron chi connectivity index (χ2n) is 8.75. The predicted octanol–water partition coefficient (Wildman–Crippen LogP) is 3.29. The van der Waals surface area contributed by atoms with E-state index >= 15 is 0 Å². The Balaban J connectivity index is 1.37. The highest BCUT2D eigenvalue weighted by Crippen LogP contribution is 2.49. The van der Waals surface area contributed by atoms with Gasteiger partial charge in [0.2, 0.25) is 5.91 Å². The van der Waals surface area contributed by atoms with Crippen LogP contribution in [-0.4, -0.2) is 39.1 Å². The number of rotatable bonds is 3. The van der Waals surface area contributed by atoms with Crippen LogP contribution in [0.3, 0.4) is 0 Å². The number of nitrogens with zero attached hydrogens (tertiary/aromatic N) is 2. The third kappa shape index (κ3) is 2.50. The summed E-state index contributed by atoms with van der Waals surface area (Å²) in [4.78, 5) is 18.6. The monoisotopic (exact) mass is 363 g/mol. The zero-order valence-electron chi connectivity index (χ0n) is 15.6. The van der Waals surface area contributed by atoms with Crippen molar-refractivity contribution in [1.82, 2.24) is 9.88 Å². The van der Waals surface area contributed by atoms with E-state index in [1.807, 2.05) is 24.4 Å². The van der Waals surface area contributed by atoms with Crippen molar-refractivity contribution in [2.45, 2.75) is 63.1 Å². The summed E-state index contributed by atoms with van der Waals surface area (Å²) in [7, 11) is 0. The van der Waals surface area contributed by atoms with Gasteiger partial charge in [-0.3, -0.25) is 4.79 Å². The van der Waals surface area contributed by atoms with Gasteiger partial charge in [-0.2, -0.15) is 5.26 Å². The highest BCUT2D eigenvalue weighted by Gasteiger charge is 2.52. The van der Waals surface area contributed by atoms with E-state index in [-0.39, 0.29) is 17.9 Å². The van der Waals surface area contributed by atoms with Gasteiger partial charge in [-0.15, -0.1) is 0 Å². The minimum atomic E-state index is -0.149. The van der Waals surface area contributed by atoms with Crippen molar-refractivity contribution >= 4 is 16.8 Å². The highest BCUT2D eigenvalue weighted by atomic mass is 16.3. The van der Waals surface area contributed by atoms with Crippen molar-refractivity contribution in [2.75, 3.05) is 0 Å². The number of benzene rings is 1. The molecule has 0 radical (unpaired) electrons. The van der Waals surface area contributed by atoms with Gasteiger partial charge in [0.15, 0.2) is 0 Å². The number of fused-ring (bicyclic) bond motifs is 1. The van der Waals surface area contributed by atoms with E-state index in [9.17, 15) is 15.2 Å². The Labute approximate surface area is 159 Å². The molecule has 5 heteroatoms. The first-order valence-corrected chi connectivity index (χ1v) is 10.1. The summed E-state index contributed by atoms with van der Waals surface area (Å²) in [6.07, 6.45) is 6.10. The van der Waals surface area contributed by atoms with E-state index in [4.69, 9.17) is 0 Å².